The average molecular weight is 409 g/mol. The molecule has 1 unspecified atom stereocenters. The van der Waals surface area contributed by atoms with Gasteiger partial charge in [0.2, 0.25) is 0 Å². The molecule has 0 spiro atoms. The van der Waals surface area contributed by atoms with Crippen molar-refractivity contribution in [3.8, 4) is 0 Å². The largest absolute Gasteiger partial charge is 0.510 e. The molecule has 162 valence electrons. The fourth-order valence-electron chi connectivity index (χ4n) is 2.51. The Labute approximate surface area is 167 Å². The molecule has 4 N–H and O–H groups in total. The zero-order chi connectivity index (χ0) is 21.0. The fraction of sp³-hybridized carbons (Fsp3) is 0.947. The second-order valence-electron chi connectivity index (χ2n) is 6.46. The maximum Gasteiger partial charge on any atom is 0.510 e. The first-order valence-electron chi connectivity index (χ1n) is 10.1. The van der Waals surface area contributed by atoms with Gasteiger partial charge in [-0.05, 0) is 11.0 Å². The Hall–Kier alpha value is -0.750. The highest BCUT2D eigenvalue weighted by Crippen LogP contribution is 2.30. The summed E-state index contributed by atoms with van der Waals surface area (Å²) in [5.74, 6) is -0.918. The number of nitrogens with two attached hydrogens (primary N) is 2. The van der Waals surface area contributed by atoms with Crippen LogP contribution in [0.2, 0.25) is 0 Å². The highest BCUT2D eigenvalue weighted by molar-refractivity contribution is 7.38. The molecular formula is C19H43N3O4P+. The van der Waals surface area contributed by atoms with Crippen molar-refractivity contribution >= 4 is 14.0 Å². The van der Waals surface area contributed by atoms with Crippen LogP contribution in [0.3, 0.4) is 0 Å². The minimum absolute atomic E-state index is 0.218. The summed E-state index contributed by atoms with van der Waals surface area (Å²) in [4.78, 5) is 3.96. The van der Waals surface area contributed by atoms with Crippen LogP contribution >= 0.6 is 8.03 Å². The molecule has 0 heterocycles. The number of ether oxygens (including phenoxy) is 2. The molecule has 0 bridgehead atoms. The van der Waals surface area contributed by atoms with Crippen molar-refractivity contribution in [1.29, 1.82) is 0 Å². The first kappa shape index (κ1) is 28.5. The van der Waals surface area contributed by atoms with Gasteiger partial charge in [0.05, 0.1) is 0 Å². The molecule has 0 amide bonds. The monoisotopic (exact) mass is 408 g/mol. The molecule has 0 aromatic rings. The van der Waals surface area contributed by atoms with Gasteiger partial charge in [-0.3, -0.25) is 4.99 Å². The first-order valence-corrected chi connectivity index (χ1v) is 11.8. The molecule has 1 atom stereocenters. The van der Waals surface area contributed by atoms with Crippen LogP contribution in [0.5, 0.6) is 0 Å². The highest BCUT2D eigenvalue weighted by Gasteiger charge is 2.37. The zero-order valence-corrected chi connectivity index (χ0v) is 19.1. The van der Waals surface area contributed by atoms with Crippen molar-refractivity contribution < 1.29 is 18.6 Å². The lowest BCUT2D eigenvalue weighted by atomic mass is 10.1. The van der Waals surface area contributed by atoms with Crippen LogP contribution in [-0.2, 0) is 18.6 Å². The second-order valence-corrected chi connectivity index (χ2v) is 7.53. The summed E-state index contributed by atoms with van der Waals surface area (Å²) in [6.07, 6.45) is 13.9. The van der Waals surface area contributed by atoms with E-state index in [1.807, 2.05) is 6.92 Å². The predicted molar refractivity (Wildman–Crippen MR) is 114 cm³/mol. The molecule has 0 aromatic carbocycles. The molecule has 0 aliphatic carbocycles. The van der Waals surface area contributed by atoms with Gasteiger partial charge in [0.15, 0.2) is 12.6 Å². The van der Waals surface area contributed by atoms with Crippen molar-refractivity contribution in [3.63, 3.8) is 0 Å². The van der Waals surface area contributed by atoms with Gasteiger partial charge in [0.1, 0.15) is 0 Å². The maximum atomic E-state index is 10.7. The predicted octanol–water partition coefficient (Wildman–Crippen LogP) is 4.91. The van der Waals surface area contributed by atoms with E-state index in [0.717, 1.165) is 13.0 Å². The van der Waals surface area contributed by atoms with Crippen LogP contribution < -0.4 is 11.5 Å². The number of guanidine groups is 1. The topological polar surface area (TPSA) is 109 Å². The number of hydrogen-bond donors (Lipinski definition) is 2. The smallest absolute Gasteiger partial charge is 0.370 e. The zero-order valence-electron chi connectivity index (χ0n) is 18.2. The van der Waals surface area contributed by atoms with Gasteiger partial charge in [-0.15, -0.1) is 0 Å². The van der Waals surface area contributed by atoms with Crippen LogP contribution in [0.25, 0.3) is 0 Å². The fourth-order valence-corrected chi connectivity index (χ4v) is 3.18. The van der Waals surface area contributed by atoms with E-state index < -0.39 is 14.0 Å². The Balaban J connectivity index is 0. The van der Waals surface area contributed by atoms with Crippen molar-refractivity contribution in [2.45, 2.75) is 90.4 Å². The van der Waals surface area contributed by atoms with Crippen molar-refractivity contribution in [3.05, 3.63) is 0 Å². The molecule has 0 aromatic heterocycles. The number of methoxy groups -OCH3 is 2. The van der Waals surface area contributed by atoms with Gasteiger partial charge in [0.25, 0.3) is 0 Å². The number of rotatable bonds is 16. The standard InChI is InChI=1S/C13H29N3.C6H14O4P/c1-2-3-4-5-6-7-8-9-10-11-12-16-13(14)15;1-5-6(8-2,9-3)10-11(4)7/h2-12H2,1H3,(H4,14,15,16);5H2,1-4H3/q;+1. The van der Waals surface area contributed by atoms with Crippen molar-refractivity contribution in [2.24, 2.45) is 16.5 Å². The van der Waals surface area contributed by atoms with E-state index >= 15 is 0 Å². The molecular weight excluding hydrogens is 365 g/mol. The molecule has 27 heavy (non-hydrogen) atoms. The van der Waals surface area contributed by atoms with E-state index in [9.17, 15) is 4.57 Å². The van der Waals surface area contributed by atoms with Crippen LogP contribution in [0, 0.1) is 0 Å². The Kier molecular flexibility index (Phi) is 21.1. The second kappa shape index (κ2) is 20.0. The van der Waals surface area contributed by atoms with Crippen molar-refractivity contribution in [2.75, 3.05) is 27.4 Å². The summed E-state index contributed by atoms with van der Waals surface area (Å²) in [7, 11) is 1.19. The molecule has 0 aliphatic heterocycles. The van der Waals surface area contributed by atoms with Gasteiger partial charge >= 0.3 is 14.0 Å². The summed E-state index contributed by atoms with van der Waals surface area (Å²) in [5, 5.41) is 0. The van der Waals surface area contributed by atoms with E-state index in [2.05, 4.69) is 11.9 Å². The van der Waals surface area contributed by atoms with E-state index in [1.165, 1.54) is 78.7 Å². The normalized spacial score (nSPS) is 11.5. The number of hydrogen-bond acceptors (Lipinski definition) is 5. The summed E-state index contributed by atoms with van der Waals surface area (Å²) < 4.78 is 25.5. The van der Waals surface area contributed by atoms with Crippen molar-refractivity contribution in [1.82, 2.24) is 0 Å². The minimum atomic E-state index is -1.71. The molecule has 0 rings (SSSR count). The van der Waals surface area contributed by atoms with Crippen LogP contribution in [0.15, 0.2) is 4.99 Å². The van der Waals surface area contributed by atoms with Crippen LogP contribution in [0.4, 0.5) is 0 Å². The van der Waals surface area contributed by atoms with E-state index in [4.69, 9.17) is 25.5 Å². The first-order chi connectivity index (χ1) is 12.9. The quantitative estimate of drug-likeness (QED) is 0.123. The average Bonchev–Trinajstić information content (AvgIpc) is 2.64. The molecule has 0 radical (unpaired) electrons. The number of unbranched alkanes of at least 4 members (excludes halogenated alkanes) is 9. The van der Waals surface area contributed by atoms with Gasteiger partial charge in [0, 0.05) is 27.2 Å². The van der Waals surface area contributed by atoms with Gasteiger partial charge in [-0.1, -0.05) is 76.2 Å². The van der Waals surface area contributed by atoms with Gasteiger partial charge < -0.3 is 20.9 Å². The third-order valence-electron chi connectivity index (χ3n) is 4.13. The molecule has 8 heteroatoms. The minimum Gasteiger partial charge on any atom is -0.370 e. The third kappa shape index (κ3) is 19.8. The van der Waals surface area contributed by atoms with Crippen LogP contribution in [-0.4, -0.2) is 39.4 Å². The number of nitrogens with zero attached hydrogens (tertiary/aromatic N) is 1. The third-order valence-corrected chi connectivity index (χ3v) is 4.66. The molecule has 0 saturated carbocycles. The molecule has 0 fully saturated rings. The number of aliphatic imine (C=N–C) groups is 1. The SMILES string of the molecule is CCC(OC)(OC)O[P+](C)=O.CCCCCCCCCCCCN=C(N)N. The lowest BCUT2D eigenvalue weighted by Gasteiger charge is -2.22. The highest BCUT2D eigenvalue weighted by atomic mass is 31.1. The summed E-state index contributed by atoms with van der Waals surface area (Å²) in [5.41, 5.74) is 10.5. The molecule has 0 aliphatic rings. The lowest BCUT2D eigenvalue weighted by Crippen LogP contribution is -2.33. The van der Waals surface area contributed by atoms with E-state index in [0.29, 0.717) is 6.42 Å². The molecule has 7 nitrogen and oxygen atoms in total. The Bertz CT molecular complexity index is 366. The summed E-state index contributed by atoms with van der Waals surface area (Å²) >= 11 is 0. The van der Waals surface area contributed by atoms with E-state index in [-0.39, 0.29) is 5.96 Å². The Morgan fingerprint density at radius 1 is 0.889 bits per heavy atom. The Morgan fingerprint density at radius 2 is 1.33 bits per heavy atom. The summed E-state index contributed by atoms with van der Waals surface area (Å²) in [6, 6.07) is 0. The molecule has 0 saturated heterocycles. The van der Waals surface area contributed by atoms with E-state index in [1.54, 1.807) is 0 Å². The van der Waals surface area contributed by atoms with Gasteiger partial charge in [-0.25, -0.2) is 0 Å². The lowest BCUT2D eigenvalue weighted by molar-refractivity contribution is -0.320. The summed E-state index contributed by atoms with van der Waals surface area (Å²) in [6.45, 7) is 6.33. The Morgan fingerprint density at radius 3 is 1.63 bits per heavy atom. The van der Waals surface area contributed by atoms with Gasteiger partial charge in [-0.2, -0.15) is 0 Å². The van der Waals surface area contributed by atoms with Crippen LogP contribution in [0.1, 0.15) is 84.5 Å². The maximum absolute atomic E-state index is 10.7.